The zero-order valence-corrected chi connectivity index (χ0v) is 20.5. The zero-order chi connectivity index (χ0) is 24.3. The predicted octanol–water partition coefficient (Wildman–Crippen LogP) is 6.20. The number of aliphatic imine (C=N–C) groups is 1. The van der Waals surface area contributed by atoms with Crippen molar-refractivity contribution >= 4 is 47.5 Å². The number of hydrogen-bond donors (Lipinski definition) is 0. The van der Waals surface area contributed by atoms with Crippen molar-refractivity contribution in [2.75, 3.05) is 13.1 Å². The van der Waals surface area contributed by atoms with Crippen LogP contribution in [0.5, 0.6) is 0 Å². The largest absolute Gasteiger partial charge is 0.280 e. The molecule has 0 spiro atoms. The van der Waals surface area contributed by atoms with Crippen LogP contribution in [0.15, 0.2) is 94.1 Å². The first kappa shape index (κ1) is 25.1. The van der Waals surface area contributed by atoms with Crippen LogP contribution < -0.4 is 0 Å². The van der Waals surface area contributed by atoms with Crippen LogP contribution in [0.2, 0.25) is 10.0 Å². The third kappa shape index (κ3) is 7.27. The lowest BCUT2D eigenvalue weighted by Crippen LogP contribution is -2.40. The summed E-state index contributed by atoms with van der Waals surface area (Å²) < 4.78 is 0. The average molecular weight is 494 g/mol. The maximum absolute atomic E-state index is 12.9. The third-order valence-electron chi connectivity index (χ3n) is 4.72. The Kier molecular flexibility index (Phi) is 9.38. The quantitative estimate of drug-likeness (QED) is 0.223. The van der Waals surface area contributed by atoms with E-state index in [-0.39, 0.29) is 5.91 Å². The molecule has 0 N–H and O–H groups in total. The molecule has 0 aliphatic heterocycles. The van der Waals surface area contributed by atoms with E-state index < -0.39 is 0 Å². The van der Waals surface area contributed by atoms with E-state index in [1.54, 1.807) is 71.0 Å². The van der Waals surface area contributed by atoms with Gasteiger partial charge in [-0.3, -0.25) is 4.79 Å². The van der Waals surface area contributed by atoms with Crippen LogP contribution in [0.4, 0.5) is 0 Å². The maximum Gasteiger partial charge on any atom is 0.280 e. The first-order chi connectivity index (χ1) is 16.5. The second-order valence-electron chi connectivity index (χ2n) is 7.11. The van der Waals surface area contributed by atoms with Gasteiger partial charge in [-0.2, -0.15) is 15.2 Å². The Morgan fingerprint density at radius 3 is 1.59 bits per heavy atom. The fourth-order valence-corrected chi connectivity index (χ4v) is 3.16. The van der Waals surface area contributed by atoms with Gasteiger partial charge < -0.3 is 0 Å². The van der Waals surface area contributed by atoms with Crippen LogP contribution in [0.3, 0.4) is 0 Å². The summed E-state index contributed by atoms with van der Waals surface area (Å²) in [5.74, 6) is -0.0647. The smallest absolute Gasteiger partial charge is 0.267 e. The molecule has 6 nitrogen and oxygen atoms in total. The molecule has 34 heavy (non-hydrogen) atoms. The van der Waals surface area contributed by atoms with E-state index in [2.05, 4.69) is 15.2 Å². The molecule has 0 saturated heterocycles. The van der Waals surface area contributed by atoms with Crippen molar-refractivity contribution < 1.29 is 4.79 Å². The molecule has 0 atom stereocenters. The molecule has 1 amide bonds. The molecular weight excluding hydrogens is 469 g/mol. The average Bonchev–Trinajstić information content (AvgIpc) is 2.87. The summed E-state index contributed by atoms with van der Waals surface area (Å²) in [6, 6.07) is 23.5. The normalized spacial score (nSPS) is 11.1. The van der Waals surface area contributed by atoms with E-state index in [0.717, 1.165) is 11.1 Å². The molecule has 0 aromatic heterocycles. The number of carbonyl (C=O) groups excluding carboxylic acids is 1. The van der Waals surface area contributed by atoms with Gasteiger partial charge in [0, 0.05) is 28.7 Å². The lowest BCUT2D eigenvalue weighted by atomic mass is 10.2. The number of nitrogens with zero attached hydrogens (tertiary/aromatic N) is 5. The van der Waals surface area contributed by atoms with Gasteiger partial charge in [0.05, 0.1) is 12.4 Å². The van der Waals surface area contributed by atoms with Crippen molar-refractivity contribution in [3.05, 3.63) is 106 Å². The van der Waals surface area contributed by atoms with Crippen molar-refractivity contribution in [2.24, 2.45) is 15.2 Å². The molecule has 0 heterocycles. The van der Waals surface area contributed by atoms with Gasteiger partial charge in [0.1, 0.15) is 0 Å². The Morgan fingerprint density at radius 2 is 1.18 bits per heavy atom. The summed E-state index contributed by atoms with van der Waals surface area (Å²) in [7, 11) is 0. The molecule has 3 rings (SSSR count). The van der Waals surface area contributed by atoms with Gasteiger partial charge in [0.15, 0.2) is 0 Å². The minimum absolute atomic E-state index is 0.314. The summed E-state index contributed by atoms with van der Waals surface area (Å²) in [6.45, 7) is 4.80. The summed E-state index contributed by atoms with van der Waals surface area (Å²) in [5.41, 5.74) is 2.21. The van der Waals surface area contributed by atoms with Gasteiger partial charge >= 0.3 is 0 Å². The molecule has 3 aromatic rings. The molecule has 0 unspecified atom stereocenters. The number of hydrogen-bond acceptors (Lipinski definition) is 3. The number of hydrazone groups is 2. The van der Waals surface area contributed by atoms with E-state index in [1.807, 2.05) is 44.2 Å². The van der Waals surface area contributed by atoms with Crippen molar-refractivity contribution in [1.29, 1.82) is 0 Å². The molecule has 0 saturated carbocycles. The number of benzene rings is 3. The zero-order valence-electron chi connectivity index (χ0n) is 19.0. The SMILES string of the molecule is CCN(N=Cc1ccc(Cl)cc1)C(=NC(=O)c1ccccc1)N(CC)N=Cc1ccc(Cl)cc1. The Morgan fingerprint density at radius 1 is 0.735 bits per heavy atom. The van der Waals surface area contributed by atoms with Crippen LogP contribution in [-0.2, 0) is 0 Å². The lowest BCUT2D eigenvalue weighted by Gasteiger charge is -2.26. The fourth-order valence-electron chi connectivity index (χ4n) is 2.90. The molecule has 0 radical (unpaired) electrons. The Labute approximate surface area is 209 Å². The first-order valence-electron chi connectivity index (χ1n) is 10.8. The topological polar surface area (TPSA) is 60.6 Å². The van der Waals surface area contributed by atoms with E-state index in [0.29, 0.717) is 34.7 Å². The van der Waals surface area contributed by atoms with Crippen LogP contribution in [0.25, 0.3) is 0 Å². The molecule has 0 aliphatic rings. The minimum Gasteiger partial charge on any atom is -0.267 e. The van der Waals surface area contributed by atoms with Crippen LogP contribution in [0, 0.1) is 0 Å². The van der Waals surface area contributed by atoms with E-state index in [4.69, 9.17) is 23.2 Å². The molecule has 0 aliphatic carbocycles. The second kappa shape index (κ2) is 12.7. The van der Waals surface area contributed by atoms with Gasteiger partial charge in [0.25, 0.3) is 5.91 Å². The van der Waals surface area contributed by atoms with Crippen LogP contribution in [-0.4, -0.2) is 47.4 Å². The van der Waals surface area contributed by atoms with E-state index >= 15 is 0 Å². The lowest BCUT2D eigenvalue weighted by molar-refractivity contribution is 0.0998. The monoisotopic (exact) mass is 493 g/mol. The highest BCUT2D eigenvalue weighted by Gasteiger charge is 2.18. The van der Waals surface area contributed by atoms with Gasteiger partial charge in [0.2, 0.25) is 5.96 Å². The molecule has 3 aromatic carbocycles. The minimum atomic E-state index is -0.379. The Balaban J connectivity index is 1.96. The summed E-state index contributed by atoms with van der Waals surface area (Å²) >= 11 is 12.0. The number of carbonyl (C=O) groups is 1. The molecule has 174 valence electrons. The highest BCUT2D eigenvalue weighted by atomic mass is 35.5. The number of rotatable bonds is 7. The van der Waals surface area contributed by atoms with Crippen molar-refractivity contribution in [2.45, 2.75) is 13.8 Å². The van der Waals surface area contributed by atoms with Gasteiger partial charge in [-0.15, -0.1) is 0 Å². The van der Waals surface area contributed by atoms with Crippen molar-refractivity contribution in [3.8, 4) is 0 Å². The number of guanidine groups is 1. The summed E-state index contributed by atoms with van der Waals surface area (Å²) in [6.07, 6.45) is 3.39. The summed E-state index contributed by atoms with van der Waals surface area (Å²) in [5, 5.41) is 13.7. The number of halogens is 2. The molecule has 8 heteroatoms. The standard InChI is InChI=1S/C26H25Cl2N5O/c1-3-32(29-18-20-10-14-23(27)15-11-20)26(31-25(34)22-8-6-5-7-9-22)33(4-2)30-19-21-12-16-24(28)17-13-21/h5-19H,3-4H2,1-2H3. The van der Waals surface area contributed by atoms with Crippen molar-refractivity contribution in [1.82, 2.24) is 10.0 Å². The highest BCUT2D eigenvalue weighted by Crippen LogP contribution is 2.11. The molecule has 0 bridgehead atoms. The molecular formula is C26H25Cl2N5O. The third-order valence-corrected chi connectivity index (χ3v) is 5.22. The van der Waals surface area contributed by atoms with E-state index in [1.165, 1.54) is 0 Å². The van der Waals surface area contributed by atoms with Gasteiger partial charge in [-0.05, 0) is 61.4 Å². The van der Waals surface area contributed by atoms with Gasteiger partial charge in [-0.25, -0.2) is 10.0 Å². The van der Waals surface area contributed by atoms with Crippen LogP contribution >= 0.6 is 23.2 Å². The van der Waals surface area contributed by atoms with Gasteiger partial charge in [-0.1, -0.05) is 65.7 Å². The van der Waals surface area contributed by atoms with Crippen molar-refractivity contribution in [3.63, 3.8) is 0 Å². The Hall–Kier alpha value is -3.48. The number of amides is 1. The summed E-state index contributed by atoms with van der Waals surface area (Å²) in [4.78, 5) is 17.3. The second-order valence-corrected chi connectivity index (χ2v) is 7.98. The predicted molar refractivity (Wildman–Crippen MR) is 141 cm³/mol. The highest BCUT2D eigenvalue weighted by molar-refractivity contribution is 6.30. The van der Waals surface area contributed by atoms with Crippen LogP contribution in [0.1, 0.15) is 35.3 Å². The first-order valence-corrected chi connectivity index (χ1v) is 11.6. The fraction of sp³-hybridized carbons (Fsp3) is 0.154. The molecule has 0 fully saturated rings. The van der Waals surface area contributed by atoms with E-state index in [9.17, 15) is 4.79 Å². The maximum atomic E-state index is 12.9. The Bertz CT molecular complexity index is 1090.